The molecule has 1 aromatic rings. The maximum atomic E-state index is 4.41. The summed E-state index contributed by atoms with van der Waals surface area (Å²) in [5.74, 6) is 0.681. The second-order valence-corrected chi connectivity index (χ2v) is 6.26. The fourth-order valence-corrected chi connectivity index (χ4v) is 4.30. The van der Waals surface area contributed by atoms with E-state index in [4.69, 9.17) is 0 Å². The van der Waals surface area contributed by atoms with Crippen LogP contribution in [0.5, 0.6) is 0 Å². The molecule has 3 unspecified atom stereocenters. The fourth-order valence-electron chi connectivity index (χ4n) is 3.31. The van der Waals surface area contributed by atoms with Gasteiger partial charge in [-0.15, -0.1) is 0 Å². The summed E-state index contributed by atoms with van der Waals surface area (Å²) in [5, 5.41) is 4.25. The SMILES string of the molecule is CSC1CCCC1n1cncc1C1CCNC1. The zero-order chi connectivity index (χ0) is 11.7. The molecule has 1 aliphatic heterocycles. The minimum absolute atomic E-state index is 0.681. The van der Waals surface area contributed by atoms with Gasteiger partial charge < -0.3 is 9.88 Å². The minimum Gasteiger partial charge on any atom is -0.330 e. The van der Waals surface area contributed by atoms with E-state index >= 15 is 0 Å². The van der Waals surface area contributed by atoms with E-state index in [1.165, 1.54) is 31.4 Å². The average molecular weight is 251 g/mol. The Labute approximate surface area is 107 Å². The number of hydrogen-bond donors (Lipinski definition) is 1. The molecule has 0 amide bonds. The summed E-state index contributed by atoms with van der Waals surface area (Å²) in [6.07, 6.45) is 11.7. The topological polar surface area (TPSA) is 29.9 Å². The molecule has 2 aliphatic rings. The molecule has 0 bridgehead atoms. The predicted octanol–water partition coefficient (Wildman–Crippen LogP) is 2.42. The van der Waals surface area contributed by atoms with Crippen molar-refractivity contribution in [3.05, 3.63) is 18.2 Å². The molecule has 2 heterocycles. The first-order chi connectivity index (χ1) is 8.40. The van der Waals surface area contributed by atoms with E-state index in [9.17, 15) is 0 Å². The van der Waals surface area contributed by atoms with E-state index in [1.807, 2.05) is 11.8 Å². The lowest BCUT2D eigenvalue weighted by Crippen LogP contribution is -2.19. The molecule has 1 saturated heterocycles. The smallest absolute Gasteiger partial charge is 0.0951 e. The lowest BCUT2D eigenvalue weighted by Gasteiger charge is -2.23. The van der Waals surface area contributed by atoms with E-state index in [0.717, 1.165) is 18.3 Å². The number of thioether (sulfide) groups is 1. The van der Waals surface area contributed by atoms with Gasteiger partial charge in [0.15, 0.2) is 0 Å². The van der Waals surface area contributed by atoms with Crippen molar-refractivity contribution in [2.75, 3.05) is 19.3 Å². The first kappa shape index (κ1) is 11.6. The van der Waals surface area contributed by atoms with Crippen LogP contribution in [0.15, 0.2) is 12.5 Å². The Morgan fingerprint density at radius 3 is 3.12 bits per heavy atom. The standard InChI is InChI=1S/C13H21N3S/c1-17-13-4-2-3-11(13)16-9-15-8-12(16)10-5-6-14-7-10/h8-11,13-14H,2-7H2,1H3. The van der Waals surface area contributed by atoms with Crippen LogP contribution in [-0.4, -0.2) is 34.1 Å². The predicted molar refractivity (Wildman–Crippen MR) is 72.6 cm³/mol. The summed E-state index contributed by atoms with van der Waals surface area (Å²) < 4.78 is 2.48. The number of rotatable bonds is 3. The van der Waals surface area contributed by atoms with Crippen LogP contribution in [-0.2, 0) is 0 Å². The second kappa shape index (κ2) is 5.02. The van der Waals surface area contributed by atoms with Crippen LogP contribution in [0.2, 0.25) is 0 Å². The van der Waals surface area contributed by atoms with Crippen molar-refractivity contribution in [1.29, 1.82) is 0 Å². The van der Waals surface area contributed by atoms with Gasteiger partial charge in [-0.1, -0.05) is 6.42 Å². The normalized spacial score (nSPS) is 33.4. The molecule has 1 saturated carbocycles. The van der Waals surface area contributed by atoms with E-state index in [1.54, 1.807) is 0 Å². The Hall–Kier alpha value is -0.480. The van der Waals surface area contributed by atoms with Gasteiger partial charge in [-0.3, -0.25) is 0 Å². The summed E-state index contributed by atoms with van der Waals surface area (Å²) in [6.45, 7) is 2.29. The molecule has 2 fully saturated rings. The van der Waals surface area contributed by atoms with Gasteiger partial charge in [-0.05, 0) is 32.1 Å². The minimum atomic E-state index is 0.681. The number of nitrogens with one attached hydrogen (secondary N) is 1. The van der Waals surface area contributed by atoms with Gasteiger partial charge in [-0.2, -0.15) is 11.8 Å². The van der Waals surface area contributed by atoms with E-state index in [2.05, 4.69) is 33.6 Å². The van der Waals surface area contributed by atoms with E-state index in [0.29, 0.717) is 12.0 Å². The van der Waals surface area contributed by atoms with Gasteiger partial charge in [0.1, 0.15) is 0 Å². The molecule has 4 heteroatoms. The van der Waals surface area contributed by atoms with Crippen molar-refractivity contribution < 1.29 is 0 Å². The van der Waals surface area contributed by atoms with Gasteiger partial charge >= 0.3 is 0 Å². The molecule has 0 aromatic carbocycles. The van der Waals surface area contributed by atoms with Crippen LogP contribution in [0.3, 0.4) is 0 Å². The summed E-state index contributed by atoms with van der Waals surface area (Å²) in [5.41, 5.74) is 1.46. The van der Waals surface area contributed by atoms with Crippen molar-refractivity contribution in [2.45, 2.75) is 42.9 Å². The van der Waals surface area contributed by atoms with Crippen LogP contribution in [0.4, 0.5) is 0 Å². The molecule has 0 radical (unpaired) electrons. The first-order valence-corrected chi connectivity index (χ1v) is 7.94. The van der Waals surface area contributed by atoms with Crippen molar-refractivity contribution in [1.82, 2.24) is 14.9 Å². The van der Waals surface area contributed by atoms with Crippen LogP contribution in [0.25, 0.3) is 0 Å². The molecule has 0 spiro atoms. The monoisotopic (exact) mass is 251 g/mol. The Morgan fingerprint density at radius 2 is 2.35 bits per heavy atom. The quantitative estimate of drug-likeness (QED) is 0.895. The van der Waals surface area contributed by atoms with Gasteiger partial charge in [0.25, 0.3) is 0 Å². The maximum absolute atomic E-state index is 4.41. The lowest BCUT2D eigenvalue weighted by atomic mass is 10.0. The Kier molecular flexibility index (Phi) is 3.43. The third kappa shape index (κ3) is 2.13. The first-order valence-electron chi connectivity index (χ1n) is 6.65. The highest BCUT2D eigenvalue weighted by molar-refractivity contribution is 7.99. The van der Waals surface area contributed by atoms with Crippen LogP contribution in [0, 0.1) is 0 Å². The van der Waals surface area contributed by atoms with Crippen LogP contribution in [0.1, 0.15) is 43.3 Å². The van der Waals surface area contributed by atoms with E-state index < -0.39 is 0 Å². The molecule has 94 valence electrons. The summed E-state index contributed by atoms with van der Waals surface area (Å²) in [6, 6.07) is 0.683. The van der Waals surface area contributed by atoms with Crippen molar-refractivity contribution in [3.8, 4) is 0 Å². The Balaban J connectivity index is 1.84. The van der Waals surface area contributed by atoms with Gasteiger partial charge in [0, 0.05) is 35.6 Å². The third-order valence-electron chi connectivity index (χ3n) is 4.25. The third-order valence-corrected chi connectivity index (χ3v) is 5.41. The highest BCUT2D eigenvalue weighted by atomic mass is 32.2. The van der Waals surface area contributed by atoms with Crippen molar-refractivity contribution >= 4 is 11.8 Å². The van der Waals surface area contributed by atoms with Gasteiger partial charge in [0.05, 0.1) is 6.33 Å². The van der Waals surface area contributed by atoms with Crippen molar-refractivity contribution in [2.24, 2.45) is 0 Å². The fraction of sp³-hybridized carbons (Fsp3) is 0.769. The lowest BCUT2D eigenvalue weighted by molar-refractivity contribution is 0.494. The molecule has 1 N–H and O–H groups in total. The molecule has 3 rings (SSSR count). The molecule has 3 nitrogen and oxygen atoms in total. The Bertz CT molecular complexity index is 370. The molecule has 1 aromatic heterocycles. The summed E-state index contributed by atoms with van der Waals surface area (Å²) >= 11 is 2.03. The highest BCUT2D eigenvalue weighted by Gasteiger charge is 2.31. The van der Waals surface area contributed by atoms with Crippen molar-refractivity contribution in [3.63, 3.8) is 0 Å². The molecular formula is C13H21N3S. The van der Waals surface area contributed by atoms with E-state index in [-0.39, 0.29) is 0 Å². The second-order valence-electron chi connectivity index (χ2n) is 5.19. The number of imidazole rings is 1. The maximum Gasteiger partial charge on any atom is 0.0951 e. The zero-order valence-corrected chi connectivity index (χ0v) is 11.2. The Morgan fingerprint density at radius 1 is 1.41 bits per heavy atom. The zero-order valence-electron chi connectivity index (χ0n) is 10.4. The highest BCUT2D eigenvalue weighted by Crippen LogP contribution is 2.39. The molecular weight excluding hydrogens is 230 g/mol. The molecule has 1 aliphatic carbocycles. The van der Waals surface area contributed by atoms with Gasteiger partial charge in [0.2, 0.25) is 0 Å². The summed E-state index contributed by atoms with van der Waals surface area (Å²) in [7, 11) is 0. The number of aromatic nitrogens is 2. The van der Waals surface area contributed by atoms with Crippen LogP contribution >= 0.6 is 11.8 Å². The molecule has 3 atom stereocenters. The molecule has 17 heavy (non-hydrogen) atoms. The summed E-state index contributed by atoms with van der Waals surface area (Å²) in [4.78, 5) is 4.41. The largest absolute Gasteiger partial charge is 0.330 e. The average Bonchev–Trinajstić information content (AvgIpc) is 3.09. The van der Waals surface area contributed by atoms with Gasteiger partial charge in [-0.25, -0.2) is 4.98 Å². The van der Waals surface area contributed by atoms with Crippen LogP contribution < -0.4 is 5.32 Å². The number of nitrogens with zero attached hydrogens (tertiary/aromatic N) is 2. The number of hydrogen-bond acceptors (Lipinski definition) is 3.